The summed E-state index contributed by atoms with van der Waals surface area (Å²) >= 11 is 13.3. The molecule has 1 atom stereocenters. The fraction of sp³-hybridized carbons (Fsp3) is 0.571. The zero-order valence-corrected chi connectivity index (χ0v) is 14.7. The normalized spacial score (nSPS) is 12.5. The first-order valence-corrected chi connectivity index (χ1v) is 8.35. The highest BCUT2D eigenvalue weighted by molar-refractivity contribution is 9.10. The molecule has 0 N–H and O–H groups in total. The molecule has 0 saturated carbocycles. The lowest BCUT2D eigenvalue weighted by atomic mass is 10.0. The molecule has 102 valence electrons. The van der Waals surface area contributed by atoms with Crippen molar-refractivity contribution in [1.29, 1.82) is 0 Å². The Morgan fingerprint density at radius 1 is 1.28 bits per heavy atom. The molecule has 1 aromatic carbocycles. The molecule has 18 heavy (non-hydrogen) atoms. The van der Waals surface area contributed by atoms with Crippen LogP contribution >= 0.6 is 43.5 Å². The van der Waals surface area contributed by atoms with Crippen LogP contribution in [0.15, 0.2) is 16.6 Å². The molecule has 1 unspecified atom stereocenters. The lowest BCUT2D eigenvalue weighted by molar-refractivity contribution is 0.406. The third kappa shape index (κ3) is 4.75. The van der Waals surface area contributed by atoms with Crippen LogP contribution in [0.1, 0.15) is 49.4 Å². The third-order valence-corrected chi connectivity index (χ3v) is 4.65. The van der Waals surface area contributed by atoms with Gasteiger partial charge in [-0.15, -0.1) is 0 Å². The summed E-state index contributed by atoms with van der Waals surface area (Å²) in [5.74, 6) is 0.872. The molecule has 1 nitrogen and oxygen atoms in total. The molecule has 0 bridgehead atoms. The van der Waals surface area contributed by atoms with Gasteiger partial charge in [0.15, 0.2) is 0 Å². The predicted octanol–water partition coefficient (Wildman–Crippen LogP) is 6.52. The van der Waals surface area contributed by atoms with Crippen molar-refractivity contribution in [3.8, 4) is 5.75 Å². The van der Waals surface area contributed by atoms with Crippen LogP contribution in [0.5, 0.6) is 5.75 Å². The van der Waals surface area contributed by atoms with E-state index in [1.165, 1.54) is 25.7 Å². The van der Waals surface area contributed by atoms with E-state index in [1.807, 2.05) is 12.1 Å². The zero-order chi connectivity index (χ0) is 13.5. The maximum Gasteiger partial charge on any atom is 0.137 e. The largest absolute Gasteiger partial charge is 0.495 e. The average molecular weight is 399 g/mol. The van der Waals surface area contributed by atoms with Gasteiger partial charge >= 0.3 is 0 Å². The van der Waals surface area contributed by atoms with Crippen LogP contribution in [0.3, 0.4) is 0 Å². The van der Waals surface area contributed by atoms with Crippen molar-refractivity contribution >= 4 is 43.5 Å². The second kappa shape index (κ2) is 8.44. The van der Waals surface area contributed by atoms with Gasteiger partial charge in [0.2, 0.25) is 0 Å². The van der Waals surface area contributed by atoms with Gasteiger partial charge in [-0.2, -0.15) is 0 Å². The Kier molecular flexibility index (Phi) is 7.66. The fourth-order valence-electron chi connectivity index (χ4n) is 1.93. The zero-order valence-electron chi connectivity index (χ0n) is 10.8. The number of methoxy groups -OCH3 is 1. The summed E-state index contributed by atoms with van der Waals surface area (Å²) in [7, 11) is 1.69. The fourth-order valence-corrected chi connectivity index (χ4v) is 3.59. The van der Waals surface area contributed by atoms with Crippen LogP contribution in [0, 0.1) is 0 Å². The van der Waals surface area contributed by atoms with E-state index in [2.05, 4.69) is 38.8 Å². The molecule has 0 aliphatic heterocycles. The van der Waals surface area contributed by atoms with Crippen molar-refractivity contribution in [1.82, 2.24) is 0 Å². The van der Waals surface area contributed by atoms with Gasteiger partial charge in [0.05, 0.1) is 11.6 Å². The van der Waals surface area contributed by atoms with E-state index in [1.54, 1.807) is 7.11 Å². The number of halogens is 3. The summed E-state index contributed by atoms with van der Waals surface area (Å²) in [4.78, 5) is 0.291. The molecule has 1 rings (SSSR count). The van der Waals surface area contributed by atoms with Crippen molar-refractivity contribution < 1.29 is 4.74 Å². The Morgan fingerprint density at radius 3 is 2.61 bits per heavy atom. The summed E-state index contributed by atoms with van der Waals surface area (Å²) in [5.41, 5.74) is 1.12. The van der Waals surface area contributed by atoms with Crippen LogP contribution in [-0.4, -0.2) is 7.11 Å². The maximum atomic E-state index is 6.10. The molecule has 4 heteroatoms. The van der Waals surface area contributed by atoms with Gasteiger partial charge in [0.1, 0.15) is 5.75 Å². The molecule has 0 aliphatic rings. The highest BCUT2D eigenvalue weighted by atomic mass is 79.9. The molecular formula is C14H19Br2ClO. The Bertz CT molecular complexity index is 382. The monoisotopic (exact) mass is 396 g/mol. The molecule has 0 radical (unpaired) electrons. The topological polar surface area (TPSA) is 9.23 Å². The first kappa shape index (κ1) is 16.3. The van der Waals surface area contributed by atoms with Crippen LogP contribution in [0.25, 0.3) is 0 Å². The van der Waals surface area contributed by atoms with Gasteiger partial charge in [-0.05, 0) is 34.5 Å². The van der Waals surface area contributed by atoms with Crippen LogP contribution in [0.4, 0.5) is 0 Å². The minimum Gasteiger partial charge on any atom is -0.495 e. The Hall–Kier alpha value is 0.270. The molecule has 0 heterocycles. The summed E-state index contributed by atoms with van der Waals surface area (Å²) < 4.78 is 6.35. The van der Waals surface area contributed by atoms with E-state index in [4.69, 9.17) is 16.3 Å². The minimum absolute atomic E-state index is 0.291. The van der Waals surface area contributed by atoms with Gasteiger partial charge in [-0.1, -0.05) is 60.1 Å². The first-order chi connectivity index (χ1) is 8.60. The molecule has 1 aromatic rings. The predicted molar refractivity (Wildman–Crippen MR) is 86.1 cm³/mol. The van der Waals surface area contributed by atoms with E-state index >= 15 is 0 Å². The lowest BCUT2D eigenvalue weighted by Crippen LogP contribution is -1.97. The molecule has 0 fully saturated rings. The third-order valence-electron chi connectivity index (χ3n) is 2.89. The standard InChI is InChI=1S/C14H19Br2ClO/c1-3-4-5-6-7-12(15)11-8-10(17)9-13(16)14(11)18-2/h8-9,12H,3-7H2,1-2H3. The SMILES string of the molecule is CCCCCCC(Br)c1cc(Cl)cc(Br)c1OC. The van der Waals surface area contributed by atoms with Crippen molar-refractivity contribution in [3.63, 3.8) is 0 Å². The Labute approximate surface area is 132 Å². The van der Waals surface area contributed by atoms with Gasteiger partial charge in [-0.3, -0.25) is 0 Å². The van der Waals surface area contributed by atoms with Crippen molar-refractivity contribution in [2.75, 3.05) is 7.11 Å². The second-order valence-corrected chi connectivity index (χ2v) is 6.72. The molecule has 0 spiro atoms. The number of ether oxygens (including phenoxy) is 1. The molecule has 0 aromatic heterocycles. The molecule has 0 saturated heterocycles. The highest BCUT2D eigenvalue weighted by Gasteiger charge is 2.16. The number of hydrogen-bond acceptors (Lipinski definition) is 1. The van der Waals surface area contributed by atoms with Gasteiger partial charge in [-0.25, -0.2) is 0 Å². The molecule has 0 aliphatic carbocycles. The van der Waals surface area contributed by atoms with E-state index in [0.717, 1.165) is 27.2 Å². The maximum absolute atomic E-state index is 6.10. The number of alkyl halides is 1. The van der Waals surface area contributed by atoms with Crippen LogP contribution < -0.4 is 4.74 Å². The van der Waals surface area contributed by atoms with Crippen molar-refractivity contribution in [2.24, 2.45) is 0 Å². The number of benzene rings is 1. The van der Waals surface area contributed by atoms with Gasteiger partial charge in [0, 0.05) is 15.4 Å². The lowest BCUT2D eigenvalue weighted by Gasteiger charge is -2.16. The van der Waals surface area contributed by atoms with Crippen molar-refractivity contribution in [3.05, 3.63) is 27.2 Å². The van der Waals surface area contributed by atoms with E-state index in [-0.39, 0.29) is 0 Å². The number of unbranched alkanes of at least 4 members (excludes halogenated alkanes) is 3. The van der Waals surface area contributed by atoms with Crippen molar-refractivity contribution in [2.45, 2.75) is 43.9 Å². The number of rotatable bonds is 7. The second-order valence-electron chi connectivity index (χ2n) is 4.33. The smallest absolute Gasteiger partial charge is 0.137 e. The number of hydrogen-bond donors (Lipinski definition) is 0. The Morgan fingerprint density at radius 2 is 2.00 bits per heavy atom. The summed E-state index contributed by atoms with van der Waals surface area (Å²) in [6.45, 7) is 2.22. The quantitative estimate of drug-likeness (QED) is 0.375. The highest BCUT2D eigenvalue weighted by Crippen LogP contribution is 2.41. The molecule has 0 amide bonds. The van der Waals surface area contributed by atoms with Crippen LogP contribution in [0.2, 0.25) is 5.02 Å². The first-order valence-electron chi connectivity index (χ1n) is 6.27. The summed E-state index contributed by atoms with van der Waals surface area (Å²) in [5, 5.41) is 0.732. The van der Waals surface area contributed by atoms with E-state index in [0.29, 0.717) is 4.83 Å². The van der Waals surface area contributed by atoms with E-state index < -0.39 is 0 Å². The van der Waals surface area contributed by atoms with Gasteiger partial charge in [0.25, 0.3) is 0 Å². The average Bonchev–Trinajstić information content (AvgIpc) is 2.33. The van der Waals surface area contributed by atoms with E-state index in [9.17, 15) is 0 Å². The summed E-state index contributed by atoms with van der Waals surface area (Å²) in [6.07, 6.45) is 6.16. The van der Waals surface area contributed by atoms with Gasteiger partial charge < -0.3 is 4.74 Å². The Balaban J connectivity index is 2.74. The molecular weight excluding hydrogens is 379 g/mol. The summed E-state index contributed by atoms with van der Waals surface area (Å²) in [6, 6.07) is 3.84. The van der Waals surface area contributed by atoms with Crippen LogP contribution in [-0.2, 0) is 0 Å². The minimum atomic E-state index is 0.291.